The van der Waals surface area contributed by atoms with E-state index in [1.54, 1.807) is 0 Å². The summed E-state index contributed by atoms with van der Waals surface area (Å²) in [6.45, 7) is 4.45. The molecule has 0 bridgehead atoms. The van der Waals surface area contributed by atoms with Crippen LogP contribution in [0.4, 0.5) is 0 Å². The van der Waals surface area contributed by atoms with E-state index in [1.807, 2.05) is 6.20 Å². The number of fused-ring (bicyclic) bond motifs is 1. The highest BCUT2D eigenvalue weighted by atomic mass is 15.3. The molecule has 0 atom stereocenters. The first-order valence-corrected chi connectivity index (χ1v) is 8.58. The Morgan fingerprint density at radius 3 is 2.43 bits per heavy atom. The second-order valence-corrected chi connectivity index (χ2v) is 6.45. The lowest BCUT2D eigenvalue weighted by molar-refractivity contribution is 0.203. The zero-order chi connectivity index (χ0) is 15.5. The summed E-state index contributed by atoms with van der Waals surface area (Å²) >= 11 is 0. The third-order valence-corrected chi connectivity index (χ3v) is 5.04. The van der Waals surface area contributed by atoms with Crippen molar-refractivity contribution in [3.63, 3.8) is 0 Å². The molecule has 23 heavy (non-hydrogen) atoms. The number of rotatable bonds is 4. The standard InChI is InChI=1S/C20H23N3/c1-2-6-17(7-3-1)18-10-12-22(13-11-18)14-15-23-20-9-5-4-8-19(20)16-21-23/h1-9,16,18H,10-15H2. The van der Waals surface area contributed by atoms with Crippen LogP contribution in [0.3, 0.4) is 0 Å². The van der Waals surface area contributed by atoms with Crippen molar-refractivity contribution in [1.82, 2.24) is 14.7 Å². The van der Waals surface area contributed by atoms with Gasteiger partial charge in [-0.1, -0.05) is 48.5 Å². The van der Waals surface area contributed by atoms with Gasteiger partial charge in [-0.3, -0.25) is 4.68 Å². The van der Waals surface area contributed by atoms with Crippen LogP contribution in [0.5, 0.6) is 0 Å². The zero-order valence-corrected chi connectivity index (χ0v) is 13.4. The SMILES string of the molecule is c1ccc(C2CCN(CCn3ncc4ccccc43)CC2)cc1. The van der Waals surface area contributed by atoms with Crippen LogP contribution in [-0.2, 0) is 6.54 Å². The largest absolute Gasteiger partial charge is 0.301 e. The van der Waals surface area contributed by atoms with E-state index in [0.29, 0.717) is 0 Å². The van der Waals surface area contributed by atoms with E-state index in [-0.39, 0.29) is 0 Å². The summed E-state index contributed by atoms with van der Waals surface area (Å²) < 4.78 is 2.14. The number of piperidine rings is 1. The van der Waals surface area contributed by atoms with E-state index in [2.05, 4.69) is 69.3 Å². The molecule has 0 unspecified atom stereocenters. The van der Waals surface area contributed by atoms with Gasteiger partial charge < -0.3 is 4.90 Å². The molecule has 0 spiro atoms. The van der Waals surface area contributed by atoms with E-state index in [1.165, 1.54) is 42.4 Å². The molecule has 1 fully saturated rings. The molecule has 1 aliphatic rings. The molecule has 3 nitrogen and oxygen atoms in total. The molecular weight excluding hydrogens is 282 g/mol. The number of hydrogen-bond donors (Lipinski definition) is 0. The molecular formula is C20H23N3. The summed E-state index contributed by atoms with van der Waals surface area (Å²) in [6, 6.07) is 19.4. The van der Waals surface area contributed by atoms with Gasteiger partial charge in [0.05, 0.1) is 18.3 Å². The van der Waals surface area contributed by atoms with Crippen molar-refractivity contribution >= 4 is 10.9 Å². The summed E-state index contributed by atoms with van der Waals surface area (Å²) in [5, 5.41) is 5.76. The predicted octanol–water partition coefficient (Wildman–Crippen LogP) is 3.92. The van der Waals surface area contributed by atoms with Gasteiger partial charge in [0.15, 0.2) is 0 Å². The third-order valence-electron chi connectivity index (χ3n) is 5.04. The highest BCUT2D eigenvalue weighted by Gasteiger charge is 2.20. The molecule has 0 saturated carbocycles. The Labute approximate surface area is 137 Å². The fourth-order valence-corrected chi connectivity index (χ4v) is 3.66. The molecule has 1 aliphatic heterocycles. The average molecular weight is 305 g/mol. The number of hydrogen-bond acceptors (Lipinski definition) is 2. The van der Waals surface area contributed by atoms with E-state index in [9.17, 15) is 0 Å². The van der Waals surface area contributed by atoms with Crippen molar-refractivity contribution in [2.75, 3.05) is 19.6 Å². The van der Waals surface area contributed by atoms with E-state index < -0.39 is 0 Å². The van der Waals surface area contributed by atoms with Crippen molar-refractivity contribution in [1.29, 1.82) is 0 Å². The van der Waals surface area contributed by atoms with Crippen LogP contribution in [0.1, 0.15) is 24.3 Å². The smallest absolute Gasteiger partial charge is 0.0682 e. The monoisotopic (exact) mass is 305 g/mol. The third kappa shape index (κ3) is 3.15. The minimum Gasteiger partial charge on any atom is -0.301 e. The van der Waals surface area contributed by atoms with Gasteiger partial charge in [-0.15, -0.1) is 0 Å². The highest BCUT2D eigenvalue weighted by molar-refractivity contribution is 5.78. The Kier molecular flexibility index (Phi) is 4.12. The molecule has 0 radical (unpaired) electrons. The molecule has 3 heteroatoms. The molecule has 0 aliphatic carbocycles. The summed E-state index contributed by atoms with van der Waals surface area (Å²) in [4.78, 5) is 2.58. The van der Waals surface area contributed by atoms with Gasteiger partial charge in [-0.05, 0) is 43.5 Å². The van der Waals surface area contributed by atoms with Crippen molar-refractivity contribution < 1.29 is 0 Å². The Morgan fingerprint density at radius 1 is 0.870 bits per heavy atom. The molecule has 2 aromatic carbocycles. The first kappa shape index (κ1) is 14.5. The summed E-state index contributed by atoms with van der Waals surface area (Å²) in [5.74, 6) is 0.734. The lowest BCUT2D eigenvalue weighted by atomic mass is 9.89. The van der Waals surface area contributed by atoms with Crippen LogP contribution in [-0.4, -0.2) is 34.3 Å². The molecule has 4 rings (SSSR count). The van der Waals surface area contributed by atoms with E-state index in [0.717, 1.165) is 19.0 Å². The second-order valence-electron chi connectivity index (χ2n) is 6.45. The number of nitrogens with zero attached hydrogens (tertiary/aromatic N) is 3. The highest BCUT2D eigenvalue weighted by Crippen LogP contribution is 2.27. The van der Waals surface area contributed by atoms with Crippen molar-refractivity contribution in [2.24, 2.45) is 0 Å². The molecule has 118 valence electrons. The van der Waals surface area contributed by atoms with Gasteiger partial charge in [-0.2, -0.15) is 5.10 Å². The number of likely N-dealkylation sites (tertiary alicyclic amines) is 1. The maximum absolute atomic E-state index is 4.53. The lowest BCUT2D eigenvalue weighted by Crippen LogP contribution is -2.35. The van der Waals surface area contributed by atoms with Crippen LogP contribution < -0.4 is 0 Å². The van der Waals surface area contributed by atoms with Gasteiger partial charge in [0, 0.05) is 11.9 Å². The summed E-state index contributed by atoms with van der Waals surface area (Å²) in [5.41, 5.74) is 2.75. The van der Waals surface area contributed by atoms with Crippen LogP contribution >= 0.6 is 0 Å². The zero-order valence-electron chi connectivity index (χ0n) is 13.4. The Balaban J connectivity index is 1.33. The van der Waals surface area contributed by atoms with Crippen LogP contribution in [0.15, 0.2) is 60.8 Å². The minimum absolute atomic E-state index is 0.734. The molecule has 1 aromatic heterocycles. The maximum atomic E-state index is 4.53. The van der Waals surface area contributed by atoms with Crippen LogP contribution in [0.2, 0.25) is 0 Å². The van der Waals surface area contributed by atoms with Gasteiger partial charge in [0.2, 0.25) is 0 Å². The fourth-order valence-electron chi connectivity index (χ4n) is 3.66. The Hall–Kier alpha value is -2.13. The predicted molar refractivity (Wildman–Crippen MR) is 94.6 cm³/mol. The summed E-state index contributed by atoms with van der Waals surface area (Å²) in [7, 11) is 0. The van der Waals surface area contributed by atoms with Crippen LogP contribution in [0, 0.1) is 0 Å². The Morgan fingerprint density at radius 2 is 1.61 bits per heavy atom. The average Bonchev–Trinajstić information content (AvgIpc) is 3.04. The number of aromatic nitrogens is 2. The first-order chi connectivity index (χ1) is 11.4. The lowest BCUT2D eigenvalue weighted by Gasteiger charge is -2.32. The molecule has 2 heterocycles. The molecule has 1 saturated heterocycles. The van der Waals surface area contributed by atoms with Crippen molar-refractivity contribution in [2.45, 2.75) is 25.3 Å². The minimum atomic E-state index is 0.734. The fraction of sp³-hybridized carbons (Fsp3) is 0.350. The van der Waals surface area contributed by atoms with Gasteiger partial charge >= 0.3 is 0 Å². The van der Waals surface area contributed by atoms with E-state index in [4.69, 9.17) is 0 Å². The van der Waals surface area contributed by atoms with E-state index >= 15 is 0 Å². The van der Waals surface area contributed by atoms with Crippen molar-refractivity contribution in [3.05, 3.63) is 66.4 Å². The number of para-hydroxylation sites is 1. The molecule has 3 aromatic rings. The van der Waals surface area contributed by atoms with Gasteiger partial charge in [0.1, 0.15) is 0 Å². The van der Waals surface area contributed by atoms with Crippen LogP contribution in [0.25, 0.3) is 10.9 Å². The maximum Gasteiger partial charge on any atom is 0.0682 e. The van der Waals surface area contributed by atoms with Gasteiger partial charge in [-0.25, -0.2) is 0 Å². The summed E-state index contributed by atoms with van der Waals surface area (Å²) in [6.07, 6.45) is 4.50. The quantitative estimate of drug-likeness (QED) is 0.728. The van der Waals surface area contributed by atoms with Crippen molar-refractivity contribution in [3.8, 4) is 0 Å². The first-order valence-electron chi connectivity index (χ1n) is 8.58. The normalized spacial score (nSPS) is 16.9. The molecule has 0 N–H and O–H groups in total. The topological polar surface area (TPSA) is 21.1 Å². The second kappa shape index (κ2) is 6.55. The van der Waals surface area contributed by atoms with Gasteiger partial charge in [0.25, 0.3) is 0 Å². The molecule has 0 amide bonds. The Bertz CT molecular complexity index is 755. The number of benzene rings is 2.